The molecule has 33 heavy (non-hydrogen) atoms. The number of carbonyl (C=O) groups is 1. The molecule has 0 bridgehead atoms. The molecule has 2 aromatic rings. The van der Waals surface area contributed by atoms with Gasteiger partial charge in [0, 0.05) is 22.8 Å². The number of likely N-dealkylation sites (tertiary alicyclic amines) is 1. The summed E-state index contributed by atoms with van der Waals surface area (Å²) in [7, 11) is 0. The molecule has 1 fully saturated rings. The summed E-state index contributed by atoms with van der Waals surface area (Å²) in [5.41, 5.74) is -0.329. The standard InChI is InChI=1S/C24H25F4NO3.ClH/c1-2-32-24(30)16-4-3-9-29(14-16)10-11-31-15-21(19-7-5-18(26)13-23(19)28)20-12-17(25)6-8-22(20)27;/h5-8,12-13,15-16H,2-4,9-11,14H2,1H3;1H/b21-15+;/t16-;/m1./s1. The Labute approximate surface area is 196 Å². The van der Waals surface area contributed by atoms with Crippen molar-refractivity contribution in [1.29, 1.82) is 0 Å². The van der Waals surface area contributed by atoms with Gasteiger partial charge in [0.2, 0.25) is 0 Å². The Balaban J connectivity index is 0.00000385. The minimum Gasteiger partial charge on any atom is -1.00 e. The van der Waals surface area contributed by atoms with E-state index in [4.69, 9.17) is 9.47 Å². The molecule has 0 radical (unpaired) electrons. The van der Waals surface area contributed by atoms with Crippen molar-refractivity contribution < 1.29 is 49.1 Å². The number of halogens is 5. The highest BCUT2D eigenvalue weighted by atomic mass is 35.5. The first-order valence-corrected chi connectivity index (χ1v) is 10.6. The van der Waals surface area contributed by atoms with E-state index in [0.717, 1.165) is 54.6 Å². The summed E-state index contributed by atoms with van der Waals surface area (Å²) in [4.78, 5) is 13.1. The summed E-state index contributed by atoms with van der Waals surface area (Å²) in [6, 6.07) is 5.70. The molecule has 1 N–H and O–H groups in total. The molecule has 180 valence electrons. The maximum atomic E-state index is 14.4. The molecule has 4 nitrogen and oxygen atoms in total. The highest BCUT2D eigenvalue weighted by Crippen LogP contribution is 2.29. The van der Waals surface area contributed by atoms with Crippen LogP contribution in [-0.2, 0) is 14.3 Å². The van der Waals surface area contributed by atoms with Gasteiger partial charge in [0.25, 0.3) is 0 Å². The van der Waals surface area contributed by atoms with E-state index in [-0.39, 0.29) is 47.6 Å². The average molecular weight is 488 g/mol. The fraction of sp³-hybridized carbons (Fsp3) is 0.375. The van der Waals surface area contributed by atoms with Gasteiger partial charge in [-0.05, 0) is 50.1 Å². The average Bonchev–Trinajstić information content (AvgIpc) is 2.77. The number of hydrogen-bond donors (Lipinski definition) is 1. The van der Waals surface area contributed by atoms with Gasteiger partial charge in [-0.15, -0.1) is 0 Å². The molecule has 0 aliphatic carbocycles. The van der Waals surface area contributed by atoms with Crippen LogP contribution < -0.4 is 17.3 Å². The van der Waals surface area contributed by atoms with Gasteiger partial charge in [0.1, 0.15) is 42.3 Å². The zero-order valence-electron chi connectivity index (χ0n) is 18.2. The fourth-order valence-corrected chi connectivity index (χ4v) is 3.87. The molecule has 3 rings (SSSR count). The first-order chi connectivity index (χ1) is 15.4. The maximum Gasteiger partial charge on any atom is 0.314 e. The number of hydrogen-bond acceptors (Lipinski definition) is 3. The third kappa shape index (κ3) is 7.20. The molecular formula is C24H26ClF4NO3. The number of rotatable bonds is 8. The number of quaternary nitrogens is 1. The Kier molecular flexibility index (Phi) is 10.2. The molecule has 0 aromatic heterocycles. The Morgan fingerprint density at radius 1 is 1.06 bits per heavy atom. The smallest absolute Gasteiger partial charge is 0.314 e. The quantitative estimate of drug-likeness (QED) is 0.255. The SMILES string of the molecule is CCOC(=O)[C@@H]1CCC[NH+](CCO/C=C(\c2ccc(F)cc2F)c2cc(F)ccc2F)C1.[Cl-]. The zero-order chi connectivity index (χ0) is 23.1. The first-order valence-electron chi connectivity index (χ1n) is 10.6. The van der Waals surface area contributed by atoms with Crippen LogP contribution in [0.1, 0.15) is 30.9 Å². The number of piperidine rings is 1. The van der Waals surface area contributed by atoms with Crippen molar-refractivity contribution in [3.8, 4) is 0 Å². The molecule has 1 aliphatic rings. The lowest BCUT2D eigenvalue weighted by molar-refractivity contribution is -0.907. The van der Waals surface area contributed by atoms with Crippen molar-refractivity contribution in [1.82, 2.24) is 0 Å². The number of nitrogens with one attached hydrogen (secondary N) is 1. The van der Waals surface area contributed by atoms with Crippen molar-refractivity contribution in [2.75, 3.05) is 32.8 Å². The van der Waals surface area contributed by atoms with Gasteiger partial charge < -0.3 is 26.8 Å². The van der Waals surface area contributed by atoms with E-state index in [2.05, 4.69) is 0 Å². The van der Waals surface area contributed by atoms with E-state index in [1.165, 1.54) is 6.26 Å². The number of ether oxygens (including phenoxy) is 2. The minimum absolute atomic E-state index is 0. The van der Waals surface area contributed by atoms with Crippen LogP contribution in [0.15, 0.2) is 42.7 Å². The Morgan fingerprint density at radius 3 is 2.52 bits per heavy atom. The second-order valence-electron chi connectivity index (χ2n) is 7.70. The number of carbonyl (C=O) groups excluding carboxylic acids is 1. The Morgan fingerprint density at radius 2 is 1.79 bits per heavy atom. The highest BCUT2D eigenvalue weighted by molar-refractivity contribution is 5.79. The molecule has 1 aliphatic heterocycles. The van der Waals surface area contributed by atoms with E-state index >= 15 is 0 Å². The van der Waals surface area contributed by atoms with Crippen molar-refractivity contribution in [3.63, 3.8) is 0 Å². The van der Waals surface area contributed by atoms with Crippen molar-refractivity contribution >= 4 is 11.5 Å². The van der Waals surface area contributed by atoms with E-state index in [0.29, 0.717) is 25.8 Å². The lowest BCUT2D eigenvalue weighted by atomic mass is 9.98. The summed E-state index contributed by atoms with van der Waals surface area (Å²) in [5.74, 6) is -3.50. The summed E-state index contributed by atoms with van der Waals surface area (Å²) in [6.45, 7) is 4.41. The molecule has 1 saturated heterocycles. The topological polar surface area (TPSA) is 40.0 Å². The van der Waals surface area contributed by atoms with Gasteiger partial charge >= 0.3 is 5.97 Å². The van der Waals surface area contributed by atoms with E-state index < -0.39 is 23.3 Å². The molecule has 1 heterocycles. The monoisotopic (exact) mass is 487 g/mol. The molecule has 0 spiro atoms. The minimum atomic E-state index is -0.914. The predicted molar refractivity (Wildman–Crippen MR) is 111 cm³/mol. The molecule has 0 saturated carbocycles. The van der Waals surface area contributed by atoms with E-state index in [1.54, 1.807) is 6.92 Å². The first kappa shape index (κ1) is 26.7. The molecule has 0 amide bonds. The predicted octanol–water partition coefficient (Wildman–Crippen LogP) is 0.511. The summed E-state index contributed by atoms with van der Waals surface area (Å²) in [5, 5.41) is 0. The van der Waals surface area contributed by atoms with Crippen LogP contribution in [0.5, 0.6) is 0 Å². The van der Waals surface area contributed by atoms with Gasteiger partial charge in [-0.25, -0.2) is 17.6 Å². The second-order valence-corrected chi connectivity index (χ2v) is 7.70. The van der Waals surface area contributed by atoms with E-state index in [9.17, 15) is 22.4 Å². The van der Waals surface area contributed by atoms with Gasteiger partial charge in [0.15, 0.2) is 0 Å². The molecule has 2 aromatic carbocycles. The summed E-state index contributed by atoms with van der Waals surface area (Å²) >= 11 is 0. The summed E-state index contributed by atoms with van der Waals surface area (Å²) < 4.78 is 66.6. The number of benzene rings is 2. The number of esters is 1. The highest BCUT2D eigenvalue weighted by Gasteiger charge is 2.29. The molecule has 9 heteroatoms. The van der Waals surface area contributed by atoms with Crippen LogP contribution in [0.3, 0.4) is 0 Å². The van der Waals surface area contributed by atoms with Crippen LogP contribution in [-0.4, -0.2) is 38.8 Å². The van der Waals surface area contributed by atoms with E-state index in [1.807, 2.05) is 0 Å². The van der Waals surface area contributed by atoms with Crippen LogP contribution in [0, 0.1) is 29.2 Å². The van der Waals surface area contributed by atoms with Gasteiger partial charge in [-0.2, -0.15) is 0 Å². The molecule has 1 unspecified atom stereocenters. The van der Waals surface area contributed by atoms with Crippen molar-refractivity contribution in [2.45, 2.75) is 19.8 Å². The lowest BCUT2D eigenvalue weighted by Gasteiger charge is -2.28. The van der Waals surface area contributed by atoms with Crippen molar-refractivity contribution in [3.05, 3.63) is 77.1 Å². The molecule has 2 atom stereocenters. The fourth-order valence-electron chi connectivity index (χ4n) is 3.87. The Hall–Kier alpha value is -2.58. The van der Waals surface area contributed by atoms with Crippen LogP contribution >= 0.6 is 0 Å². The normalized spacial score (nSPS) is 18.4. The lowest BCUT2D eigenvalue weighted by Crippen LogP contribution is -3.14. The largest absolute Gasteiger partial charge is 1.00 e. The summed E-state index contributed by atoms with van der Waals surface area (Å²) in [6.07, 6.45) is 2.84. The van der Waals surface area contributed by atoms with Crippen LogP contribution in [0.25, 0.3) is 5.57 Å². The van der Waals surface area contributed by atoms with Gasteiger partial charge in [0.05, 0.1) is 26.0 Å². The van der Waals surface area contributed by atoms with Crippen LogP contribution in [0.4, 0.5) is 17.6 Å². The zero-order valence-corrected chi connectivity index (χ0v) is 18.9. The third-order valence-corrected chi connectivity index (χ3v) is 5.45. The van der Waals surface area contributed by atoms with Crippen LogP contribution in [0.2, 0.25) is 0 Å². The Bertz CT molecular complexity index is 986. The van der Waals surface area contributed by atoms with Gasteiger partial charge in [-0.3, -0.25) is 4.79 Å². The molecular weight excluding hydrogens is 462 g/mol. The third-order valence-electron chi connectivity index (χ3n) is 5.45. The maximum absolute atomic E-state index is 14.4. The second kappa shape index (κ2) is 12.6. The van der Waals surface area contributed by atoms with Gasteiger partial charge in [-0.1, -0.05) is 0 Å². The van der Waals surface area contributed by atoms with Crippen molar-refractivity contribution in [2.24, 2.45) is 5.92 Å².